The van der Waals surface area contributed by atoms with Crippen LogP contribution < -0.4 is 5.32 Å². The smallest absolute Gasteiger partial charge is 0.339 e. The Labute approximate surface area is 165 Å². The molecule has 1 heterocycles. The van der Waals surface area contributed by atoms with E-state index in [1.165, 1.54) is 17.8 Å². The van der Waals surface area contributed by atoms with Crippen molar-refractivity contribution in [2.24, 2.45) is 0 Å². The molecule has 0 aliphatic heterocycles. The molecule has 3 aromatic rings. The van der Waals surface area contributed by atoms with Gasteiger partial charge in [-0.15, -0.1) is 0 Å². The maximum Gasteiger partial charge on any atom is 0.339 e. The van der Waals surface area contributed by atoms with Crippen LogP contribution in [-0.4, -0.2) is 29.2 Å². The fourth-order valence-corrected chi connectivity index (χ4v) is 3.10. The van der Waals surface area contributed by atoms with Crippen LogP contribution in [0.15, 0.2) is 52.1 Å². The molecule has 1 N–H and O–H groups in total. The first kappa shape index (κ1) is 19.3. The Bertz CT molecular complexity index is 940. The van der Waals surface area contributed by atoms with Gasteiger partial charge in [0, 0.05) is 5.69 Å². The van der Waals surface area contributed by atoms with Crippen LogP contribution >= 0.6 is 23.4 Å². The molecule has 0 spiro atoms. The third-order valence-corrected chi connectivity index (χ3v) is 4.67. The maximum absolute atomic E-state index is 12.2. The molecule has 140 valence electrons. The summed E-state index contributed by atoms with van der Waals surface area (Å²) in [6.07, 6.45) is 0.715. The van der Waals surface area contributed by atoms with Gasteiger partial charge >= 0.3 is 5.97 Å². The van der Waals surface area contributed by atoms with Crippen LogP contribution in [0.4, 0.5) is 5.69 Å². The number of anilines is 1. The number of nitrogens with one attached hydrogen (secondary N) is 1. The molecule has 0 unspecified atom stereocenters. The van der Waals surface area contributed by atoms with E-state index in [0.29, 0.717) is 29.5 Å². The van der Waals surface area contributed by atoms with Gasteiger partial charge in [0.2, 0.25) is 5.91 Å². The topological polar surface area (TPSA) is 81.4 Å². The molecule has 3 rings (SSSR count). The molecule has 0 atom stereocenters. The van der Waals surface area contributed by atoms with E-state index in [-0.39, 0.29) is 22.2 Å². The lowest BCUT2D eigenvalue weighted by atomic mass is 10.2. The monoisotopic (exact) mass is 404 g/mol. The van der Waals surface area contributed by atoms with Crippen molar-refractivity contribution in [2.75, 3.05) is 17.7 Å². The van der Waals surface area contributed by atoms with Crippen LogP contribution in [0.3, 0.4) is 0 Å². The third kappa shape index (κ3) is 5.02. The summed E-state index contributed by atoms with van der Waals surface area (Å²) in [6, 6.07) is 12.1. The molecule has 1 aromatic heterocycles. The Balaban J connectivity index is 1.61. The molecule has 0 saturated heterocycles. The minimum Gasteiger partial charge on any atom is -0.462 e. The highest BCUT2D eigenvalue weighted by atomic mass is 35.5. The normalized spacial score (nSPS) is 10.7. The van der Waals surface area contributed by atoms with Crippen molar-refractivity contribution < 1.29 is 18.7 Å². The summed E-state index contributed by atoms with van der Waals surface area (Å²) in [5.74, 6) is -0.651. The second-order valence-corrected chi connectivity index (χ2v) is 6.95. The zero-order valence-electron chi connectivity index (χ0n) is 14.5. The number of carbonyl (C=O) groups excluding carboxylic acids is 2. The lowest BCUT2D eigenvalue weighted by Gasteiger charge is -2.09. The minimum atomic E-state index is -0.515. The van der Waals surface area contributed by atoms with Crippen molar-refractivity contribution in [1.82, 2.24) is 4.98 Å². The Morgan fingerprint density at radius 2 is 2.07 bits per heavy atom. The van der Waals surface area contributed by atoms with E-state index in [4.69, 9.17) is 20.8 Å². The minimum absolute atomic E-state index is 0.116. The van der Waals surface area contributed by atoms with Gasteiger partial charge in [-0.25, -0.2) is 9.78 Å². The molecule has 2 aromatic carbocycles. The molecule has 0 aliphatic rings. The van der Waals surface area contributed by atoms with E-state index in [0.717, 1.165) is 5.52 Å². The first-order chi connectivity index (χ1) is 13.1. The van der Waals surface area contributed by atoms with E-state index >= 15 is 0 Å². The van der Waals surface area contributed by atoms with Gasteiger partial charge < -0.3 is 14.5 Å². The van der Waals surface area contributed by atoms with Crippen LogP contribution in [0.25, 0.3) is 11.1 Å². The highest BCUT2D eigenvalue weighted by molar-refractivity contribution is 7.99. The second-order valence-electron chi connectivity index (χ2n) is 5.61. The van der Waals surface area contributed by atoms with E-state index in [2.05, 4.69) is 10.3 Å². The summed E-state index contributed by atoms with van der Waals surface area (Å²) in [5, 5.41) is 3.42. The number of hydrogen-bond acceptors (Lipinski definition) is 6. The highest BCUT2D eigenvalue weighted by Crippen LogP contribution is 2.24. The van der Waals surface area contributed by atoms with E-state index in [1.807, 2.05) is 31.2 Å². The fourth-order valence-electron chi connectivity index (χ4n) is 2.27. The van der Waals surface area contributed by atoms with Crippen molar-refractivity contribution >= 4 is 52.0 Å². The van der Waals surface area contributed by atoms with Gasteiger partial charge in [-0.2, -0.15) is 0 Å². The van der Waals surface area contributed by atoms with Crippen LogP contribution in [0, 0.1) is 0 Å². The Hall–Kier alpha value is -2.51. The van der Waals surface area contributed by atoms with E-state index in [1.54, 1.807) is 12.1 Å². The fraction of sp³-hybridized carbons (Fsp3) is 0.211. The van der Waals surface area contributed by atoms with Crippen molar-refractivity contribution in [2.45, 2.75) is 18.6 Å². The van der Waals surface area contributed by atoms with Gasteiger partial charge in [0.25, 0.3) is 5.22 Å². The summed E-state index contributed by atoms with van der Waals surface area (Å²) in [4.78, 5) is 28.5. The van der Waals surface area contributed by atoms with Gasteiger partial charge in [-0.1, -0.05) is 42.4 Å². The molecule has 0 fully saturated rings. The molecule has 0 bridgehead atoms. The number of hydrogen-bond donors (Lipinski definition) is 1. The summed E-state index contributed by atoms with van der Waals surface area (Å²) in [6.45, 7) is 2.22. The lowest BCUT2D eigenvalue weighted by molar-refractivity contribution is -0.113. The zero-order valence-corrected chi connectivity index (χ0v) is 16.1. The number of thioether (sulfide) groups is 1. The molecular weight excluding hydrogens is 388 g/mol. The van der Waals surface area contributed by atoms with Gasteiger partial charge in [0.15, 0.2) is 5.58 Å². The SMILES string of the molecule is CCCOC(=O)c1cc(NC(=O)CSc2nc3ccccc3o2)ccc1Cl. The number of oxazole rings is 1. The Kier molecular flexibility index (Phi) is 6.36. The molecule has 6 nitrogen and oxygen atoms in total. The summed E-state index contributed by atoms with van der Waals surface area (Å²) < 4.78 is 10.7. The molecule has 8 heteroatoms. The van der Waals surface area contributed by atoms with E-state index in [9.17, 15) is 9.59 Å². The number of nitrogens with zero attached hydrogens (tertiary/aromatic N) is 1. The second kappa shape index (κ2) is 8.92. The zero-order chi connectivity index (χ0) is 19.2. The number of amides is 1. The molecule has 0 aliphatic carbocycles. The Morgan fingerprint density at radius 3 is 2.85 bits per heavy atom. The van der Waals surface area contributed by atoms with Gasteiger partial charge in [-0.3, -0.25) is 4.79 Å². The van der Waals surface area contributed by atoms with Crippen molar-refractivity contribution in [1.29, 1.82) is 0 Å². The van der Waals surface area contributed by atoms with Crippen molar-refractivity contribution in [3.63, 3.8) is 0 Å². The summed E-state index contributed by atoms with van der Waals surface area (Å²) in [5.41, 5.74) is 2.10. The first-order valence-electron chi connectivity index (χ1n) is 8.31. The summed E-state index contributed by atoms with van der Waals surface area (Å²) >= 11 is 7.24. The molecule has 27 heavy (non-hydrogen) atoms. The number of ether oxygens (including phenoxy) is 1. The Morgan fingerprint density at radius 1 is 1.26 bits per heavy atom. The van der Waals surface area contributed by atoms with Crippen LogP contribution in [0.2, 0.25) is 5.02 Å². The number of halogens is 1. The lowest BCUT2D eigenvalue weighted by Crippen LogP contribution is -2.15. The number of para-hydroxylation sites is 2. The number of esters is 1. The van der Waals surface area contributed by atoms with Crippen LogP contribution in [0.1, 0.15) is 23.7 Å². The number of fused-ring (bicyclic) bond motifs is 1. The van der Waals surface area contributed by atoms with Gasteiger partial charge in [0.1, 0.15) is 5.52 Å². The van der Waals surface area contributed by atoms with Crippen molar-refractivity contribution in [3.8, 4) is 0 Å². The van der Waals surface area contributed by atoms with Crippen molar-refractivity contribution in [3.05, 3.63) is 53.1 Å². The number of aromatic nitrogens is 1. The molecule has 0 radical (unpaired) electrons. The highest BCUT2D eigenvalue weighted by Gasteiger charge is 2.14. The maximum atomic E-state index is 12.2. The number of carbonyl (C=O) groups is 2. The standard InChI is InChI=1S/C19H17ClN2O4S/c1-2-9-25-18(24)13-10-12(7-8-14(13)20)21-17(23)11-27-19-22-15-5-3-4-6-16(15)26-19/h3-8,10H,2,9,11H2,1H3,(H,21,23). The molecular formula is C19H17ClN2O4S. The quantitative estimate of drug-likeness (QED) is 0.451. The average molecular weight is 405 g/mol. The van der Waals surface area contributed by atoms with Gasteiger partial charge in [0.05, 0.1) is 22.9 Å². The molecule has 1 amide bonds. The average Bonchev–Trinajstić information content (AvgIpc) is 3.09. The number of rotatable bonds is 7. The van der Waals surface area contributed by atoms with Crippen LogP contribution in [-0.2, 0) is 9.53 Å². The largest absolute Gasteiger partial charge is 0.462 e. The first-order valence-corrected chi connectivity index (χ1v) is 9.68. The molecule has 0 saturated carbocycles. The third-order valence-electron chi connectivity index (χ3n) is 3.51. The summed E-state index contributed by atoms with van der Waals surface area (Å²) in [7, 11) is 0. The van der Waals surface area contributed by atoms with Gasteiger partial charge in [-0.05, 0) is 36.8 Å². The predicted molar refractivity (Wildman–Crippen MR) is 105 cm³/mol. The van der Waals surface area contributed by atoms with E-state index < -0.39 is 5.97 Å². The van der Waals surface area contributed by atoms with Crippen LogP contribution in [0.5, 0.6) is 0 Å². The number of benzene rings is 2. The predicted octanol–water partition coefficient (Wildman–Crippen LogP) is 4.78.